The first kappa shape index (κ1) is 10.3. The molecule has 2 spiro atoms. The number of rotatable bonds is 0. The van der Waals surface area contributed by atoms with Crippen LogP contribution in [0.15, 0.2) is 0 Å². The number of fused-ring (bicyclic) bond motifs is 1. The van der Waals surface area contributed by atoms with E-state index in [1.807, 2.05) is 0 Å². The number of amides is 1. The number of carbonyl (C=O) groups excluding carboxylic acids is 1. The quantitative estimate of drug-likeness (QED) is 0.655. The SMILES string of the molecule is O=C1NC2(CC(F)(F)C2)C2(CCNCC2)O1. The molecule has 2 N–H and O–H groups in total. The van der Waals surface area contributed by atoms with Crippen LogP contribution in [0.3, 0.4) is 0 Å². The Balaban J connectivity index is 1.89. The summed E-state index contributed by atoms with van der Waals surface area (Å²) in [5.41, 5.74) is -1.54. The van der Waals surface area contributed by atoms with Gasteiger partial charge in [-0.25, -0.2) is 13.6 Å². The third kappa shape index (κ3) is 1.19. The largest absolute Gasteiger partial charge is 0.440 e. The molecule has 1 saturated carbocycles. The number of piperidine rings is 1. The Morgan fingerprint density at radius 1 is 1.19 bits per heavy atom. The Morgan fingerprint density at radius 3 is 2.38 bits per heavy atom. The summed E-state index contributed by atoms with van der Waals surface area (Å²) in [5, 5.41) is 5.76. The Kier molecular flexibility index (Phi) is 1.83. The molecule has 2 saturated heterocycles. The Bertz CT molecular complexity index is 332. The van der Waals surface area contributed by atoms with Crippen molar-refractivity contribution >= 4 is 6.09 Å². The van der Waals surface area contributed by atoms with Crippen molar-refractivity contribution in [3.63, 3.8) is 0 Å². The van der Waals surface area contributed by atoms with Gasteiger partial charge in [-0.3, -0.25) is 0 Å². The molecule has 0 bridgehead atoms. The van der Waals surface area contributed by atoms with Gasteiger partial charge in [-0.05, 0) is 13.1 Å². The topological polar surface area (TPSA) is 50.4 Å². The van der Waals surface area contributed by atoms with E-state index in [-0.39, 0.29) is 12.8 Å². The van der Waals surface area contributed by atoms with Gasteiger partial charge in [0.1, 0.15) is 5.60 Å². The smallest absolute Gasteiger partial charge is 0.408 e. The summed E-state index contributed by atoms with van der Waals surface area (Å²) in [6.07, 6.45) is 0.110. The van der Waals surface area contributed by atoms with Gasteiger partial charge < -0.3 is 15.4 Å². The molecule has 3 rings (SSSR count). The number of hydrogen-bond donors (Lipinski definition) is 2. The second-order valence-electron chi connectivity index (χ2n) is 5.05. The van der Waals surface area contributed by atoms with Crippen molar-refractivity contribution in [1.82, 2.24) is 10.6 Å². The minimum atomic E-state index is -2.65. The van der Waals surface area contributed by atoms with Crippen molar-refractivity contribution in [3.8, 4) is 0 Å². The van der Waals surface area contributed by atoms with Gasteiger partial charge in [0.25, 0.3) is 5.92 Å². The highest BCUT2D eigenvalue weighted by Crippen LogP contribution is 2.56. The highest BCUT2D eigenvalue weighted by molar-refractivity contribution is 5.73. The predicted octanol–water partition coefficient (Wildman–Crippen LogP) is 1.02. The fourth-order valence-electron chi connectivity index (χ4n) is 3.26. The van der Waals surface area contributed by atoms with E-state index in [0.717, 1.165) is 0 Å². The van der Waals surface area contributed by atoms with Gasteiger partial charge in [0.2, 0.25) is 0 Å². The van der Waals surface area contributed by atoms with Crippen LogP contribution in [0.2, 0.25) is 0 Å². The van der Waals surface area contributed by atoms with Crippen LogP contribution in [0.25, 0.3) is 0 Å². The molecule has 2 heterocycles. The fraction of sp³-hybridized carbons (Fsp3) is 0.900. The number of ether oxygens (including phenoxy) is 1. The third-order valence-electron chi connectivity index (χ3n) is 4.03. The molecule has 0 aromatic carbocycles. The Morgan fingerprint density at radius 2 is 1.81 bits per heavy atom. The number of carbonyl (C=O) groups is 1. The van der Waals surface area contributed by atoms with Crippen LogP contribution in [0.5, 0.6) is 0 Å². The van der Waals surface area contributed by atoms with Crippen LogP contribution >= 0.6 is 0 Å². The van der Waals surface area contributed by atoms with Gasteiger partial charge in [-0.2, -0.15) is 0 Å². The van der Waals surface area contributed by atoms with Gasteiger partial charge in [-0.1, -0.05) is 0 Å². The molecular formula is C10H14F2N2O2. The molecule has 0 radical (unpaired) electrons. The van der Waals surface area contributed by atoms with E-state index in [0.29, 0.717) is 25.9 Å². The Hall–Kier alpha value is -0.910. The first-order valence-corrected chi connectivity index (χ1v) is 5.57. The molecule has 1 aliphatic carbocycles. The van der Waals surface area contributed by atoms with Crippen LogP contribution < -0.4 is 10.6 Å². The van der Waals surface area contributed by atoms with Gasteiger partial charge in [-0.15, -0.1) is 0 Å². The van der Waals surface area contributed by atoms with Crippen molar-refractivity contribution in [2.45, 2.75) is 42.7 Å². The lowest BCUT2D eigenvalue weighted by molar-refractivity contribution is -0.180. The predicted molar refractivity (Wildman–Crippen MR) is 51.4 cm³/mol. The van der Waals surface area contributed by atoms with Crippen molar-refractivity contribution in [1.29, 1.82) is 0 Å². The zero-order chi connectivity index (χ0) is 11.4. The molecule has 16 heavy (non-hydrogen) atoms. The van der Waals surface area contributed by atoms with Crippen LogP contribution in [-0.2, 0) is 4.74 Å². The maximum Gasteiger partial charge on any atom is 0.408 e. The normalized spacial score (nSPS) is 33.2. The van der Waals surface area contributed by atoms with Crippen molar-refractivity contribution < 1.29 is 18.3 Å². The Labute approximate surface area is 91.7 Å². The van der Waals surface area contributed by atoms with E-state index in [4.69, 9.17) is 4.74 Å². The van der Waals surface area contributed by atoms with E-state index >= 15 is 0 Å². The van der Waals surface area contributed by atoms with E-state index in [1.54, 1.807) is 0 Å². The van der Waals surface area contributed by atoms with Crippen LogP contribution in [-0.4, -0.2) is 36.2 Å². The number of halogens is 2. The number of alkyl halides is 2. The monoisotopic (exact) mass is 232 g/mol. The minimum Gasteiger partial charge on any atom is -0.440 e. The molecule has 0 aromatic heterocycles. The summed E-state index contributed by atoms with van der Waals surface area (Å²) in [5.74, 6) is -2.65. The van der Waals surface area contributed by atoms with E-state index < -0.39 is 23.2 Å². The molecule has 3 aliphatic rings. The van der Waals surface area contributed by atoms with E-state index in [9.17, 15) is 13.6 Å². The first-order valence-electron chi connectivity index (χ1n) is 5.57. The average molecular weight is 232 g/mol. The van der Waals surface area contributed by atoms with Crippen LogP contribution in [0.1, 0.15) is 25.7 Å². The molecule has 4 nitrogen and oxygen atoms in total. The zero-order valence-electron chi connectivity index (χ0n) is 8.82. The summed E-state index contributed by atoms with van der Waals surface area (Å²) in [7, 11) is 0. The summed E-state index contributed by atoms with van der Waals surface area (Å²) in [6.45, 7) is 1.42. The fourth-order valence-corrected chi connectivity index (χ4v) is 3.26. The molecule has 90 valence electrons. The van der Waals surface area contributed by atoms with Gasteiger partial charge in [0.15, 0.2) is 0 Å². The van der Waals surface area contributed by atoms with Crippen molar-refractivity contribution in [2.24, 2.45) is 0 Å². The van der Waals surface area contributed by atoms with Crippen LogP contribution in [0, 0.1) is 0 Å². The summed E-state index contributed by atoms with van der Waals surface area (Å²) < 4.78 is 31.5. The average Bonchev–Trinajstić information content (AvgIpc) is 2.38. The maximum absolute atomic E-state index is 13.1. The molecule has 1 amide bonds. The second-order valence-corrected chi connectivity index (χ2v) is 5.05. The molecule has 2 aliphatic heterocycles. The maximum atomic E-state index is 13.1. The van der Waals surface area contributed by atoms with Crippen LogP contribution in [0.4, 0.5) is 13.6 Å². The van der Waals surface area contributed by atoms with E-state index in [2.05, 4.69) is 10.6 Å². The summed E-state index contributed by atoms with van der Waals surface area (Å²) in [6, 6.07) is 0. The lowest BCUT2D eigenvalue weighted by atomic mass is 9.61. The minimum absolute atomic E-state index is 0.286. The van der Waals surface area contributed by atoms with Crippen molar-refractivity contribution in [2.75, 3.05) is 13.1 Å². The number of hydrogen-bond acceptors (Lipinski definition) is 3. The zero-order valence-corrected chi connectivity index (χ0v) is 8.82. The van der Waals surface area contributed by atoms with E-state index in [1.165, 1.54) is 0 Å². The highest BCUT2D eigenvalue weighted by Gasteiger charge is 2.71. The highest BCUT2D eigenvalue weighted by atomic mass is 19.3. The molecular weight excluding hydrogens is 218 g/mol. The molecule has 0 unspecified atom stereocenters. The first-order chi connectivity index (χ1) is 7.47. The van der Waals surface area contributed by atoms with Gasteiger partial charge in [0.05, 0.1) is 5.54 Å². The molecule has 0 aromatic rings. The molecule has 0 atom stereocenters. The van der Waals surface area contributed by atoms with Gasteiger partial charge in [0, 0.05) is 25.7 Å². The second kappa shape index (κ2) is 2.85. The standard InChI is InChI=1S/C10H14F2N2O2/c11-10(12)5-8(6-10)9(16-7(15)14-8)1-3-13-4-2-9/h13H,1-6H2,(H,14,15). The van der Waals surface area contributed by atoms with Gasteiger partial charge >= 0.3 is 6.09 Å². The summed E-state index contributed by atoms with van der Waals surface area (Å²) in [4.78, 5) is 11.3. The number of nitrogens with one attached hydrogen (secondary N) is 2. The molecule has 3 fully saturated rings. The lowest BCUT2D eigenvalue weighted by Crippen LogP contribution is -2.70. The lowest BCUT2D eigenvalue weighted by Gasteiger charge is -2.53. The summed E-state index contributed by atoms with van der Waals surface area (Å²) >= 11 is 0. The van der Waals surface area contributed by atoms with Crippen molar-refractivity contribution in [3.05, 3.63) is 0 Å². The number of alkyl carbamates (subject to hydrolysis) is 1. The third-order valence-corrected chi connectivity index (χ3v) is 4.03. The molecule has 6 heteroatoms.